The first-order chi connectivity index (χ1) is 4.70. The lowest BCUT2D eigenvalue weighted by Crippen LogP contribution is -2.26. The Balaban J connectivity index is 2.22. The molecule has 0 heteroatoms. The van der Waals surface area contributed by atoms with Crippen molar-refractivity contribution in [2.75, 3.05) is 0 Å². The Morgan fingerprint density at radius 1 is 1.30 bits per heavy atom. The summed E-state index contributed by atoms with van der Waals surface area (Å²) in [6.07, 6.45) is 7.11. The molecule has 0 amide bonds. The van der Waals surface area contributed by atoms with Gasteiger partial charge in [0.25, 0.3) is 0 Å². The first kappa shape index (κ1) is 6.45. The van der Waals surface area contributed by atoms with Gasteiger partial charge in [-0.15, -0.1) is 0 Å². The van der Waals surface area contributed by atoms with Crippen LogP contribution in [0.2, 0.25) is 0 Å². The van der Waals surface area contributed by atoms with Gasteiger partial charge in [0.15, 0.2) is 0 Å². The van der Waals surface area contributed by atoms with Crippen molar-refractivity contribution in [3.05, 3.63) is 11.1 Å². The van der Waals surface area contributed by atoms with Gasteiger partial charge in [-0.2, -0.15) is 0 Å². The van der Waals surface area contributed by atoms with E-state index in [4.69, 9.17) is 0 Å². The fourth-order valence-electron chi connectivity index (χ4n) is 2.41. The van der Waals surface area contributed by atoms with Crippen LogP contribution in [-0.4, -0.2) is 0 Å². The highest BCUT2D eigenvalue weighted by Gasteiger charge is 2.37. The molecule has 0 atom stereocenters. The average molecular weight is 136 g/mol. The zero-order valence-corrected chi connectivity index (χ0v) is 7.04. The van der Waals surface area contributed by atoms with Crippen LogP contribution < -0.4 is 0 Å². The third kappa shape index (κ3) is 0.817. The zero-order chi connectivity index (χ0) is 7.19. The van der Waals surface area contributed by atoms with Crippen LogP contribution in [0.4, 0.5) is 0 Å². The first-order valence-corrected chi connectivity index (χ1v) is 4.37. The van der Waals surface area contributed by atoms with Gasteiger partial charge in [0.2, 0.25) is 0 Å². The molecule has 1 saturated carbocycles. The van der Waals surface area contributed by atoms with E-state index < -0.39 is 0 Å². The molecule has 0 spiro atoms. The van der Waals surface area contributed by atoms with Crippen molar-refractivity contribution in [3.63, 3.8) is 0 Å². The molecule has 0 radical (unpaired) electrons. The van der Waals surface area contributed by atoms with Crippen molar-refractivity contribution in [1.29, 1.82) is 0 Å². The molecule has 0 aromatic rings. The zero-order valence-electron chi connectivity index (χ0n) is 7.04. The number of fused-ring (bicyclic) bond motifs is 3. The van der Waals surface area contributed by atoms with Gasteiger partial charge in [0, 0.05) is 0 Å². The second kappa shape index (κ2) is 1.87. The van der Waals surface area contributed by atoms with Crippen LogP contribution in [0.25, 0.3) is 0 Å². The molecule has 0 aliphatic heterocycles. The lowest BCUT2D eigenvalue weighted by molar-refractivity contribution is 0.222. The van der Waals surface area contributed by atoms with E-state index in [1.807, 2.05) is 0 Å². The van der Waals surface area contributed by atoms with E-state index in [1.165, 1.54) is 32.1 Å². The summed E-state index contributed by atoms with van der Waals surface area (Å²) < 4.78 is 0. The Kier molecular flexibility index (Phi) is 1.21. The van der Waals surface area contributed by atoms with E-state index in [0.717, 1.165) is 5.41 Å². The normalized spacial score (nSPS) is 29.4. The van der Waals surface area contributed by atoms with Crippen LogP contribution in [0.1, 0.15) is 46.0 Å². The van der Waals surface area contributed by atoms with E-state index in [0.29, 0.717) is 0 Å². The van der Waals surface area contributed by atoms with Crippen molar-refractivity contribution in [2.24, 2.45) is 5.41 Å². The molecule has 0 nitrogen and oxygen atoms in total. The summed E-state index contributed by atoms with van der Waals surface area (Å²) >= 11 is 0. The Morgan fingerprint density at radius 2 is 2.00 bits per heavy atom. The SMILES string of the molecule is CC1=C2CC(C)(CCC1)C2. The number of hydrogen-bond donors (Lipinski definition) is 0. The summed E-state index contributed by atoms with van der Waals surface area (Å²) in [6.45, 7) is 4.76. The van der Waals surface area contributed by atoms with Gasteiger partial charge in [-0.25, -0.2) is 0 Å². The minimum Gasteiger partial charge on any atom is -0.0741 e. The lowest BCUT2D eigenvalue weighted by Gasteiger charge is -2.40. The van der Waals surface area contributed by atoms with Crippen LogP contribution in [0.3, 0.4) is 0 Å². The molecule has 0 unspecified atom stereocenters. The predicted octanol–water partition coefficient (Wildman–Crippen LogP) is 3.29. The van der Waals surface area contributed by atoms with Crippen molar-refractivity contribution in [1.82, 2.24) is 0 Å². The molecular formula is C10H16. The van der Waals surface area contributed by atoms with Crippen molar-refractivity contribution in [3.8, 4) is 0 Å². The van der Waals surface area contributed by atoms with E-state index in [9.17, 15) is 0 Å². The van der Waals surface area contributed by atoms with Gasteiger partial charge in [-0.3, -0.25) is 0 Å². The molecule has 0 aromatic heterocycles. The molecule has 0 heterocycles. The fourth-order valence-corrected chi connectivity index (χ4v) is 2.41. The molecule has 56 valence electrons. The summed E-state index contributed by atoms with van der Waals surface area (Å²) in [5, 5.41) is 0. The predicted molar refractivity (Wildman–Crippen MR) is 43.9 cm³/mol. The Hall–Kier alpha value is -0.260. The second-order valence-electron chi connectivity index (χ2n) is 4.40. The number of hydrogen-bond acceptors (Lipinski definition) is 0. The molecule has 1 fully saturated rings. The van der Waals surface area contributed by atoms with Gasteiger partial charge in [-0.1, -0.05) is 18.1 Å². The average Bonchev–Trinajstić information content (AvgIpc) is 1.97. The number of rotatable bonds is 0. The summed E-state index contributed by atoms with van der Waals surface area (Å²) in [5.74, 6) is 0. The molecule has 0 aromatic carbocycles. The molecule has 2 bridgehead atoms. The Labute approximate surface area is 63.3 Å². The Bertz CT molecular complexity index is 178. The monoisotopic (exact) mass is 136 g/mol. The topological polar surface area (TPSA) is 0 Å². The minimum absolute atomic E-state index is 0.729. The standard InChI is InChI=1S/C10H16/c1-8-4-3-5-10(2)6-9(8)7-10/h3-7H2,1-2H3. The first-order valence-electron chi connectivity index (χ1n) is 4.37. The highest BCUT2D eigenvalue weighted by Crippen LogP contribution is 2.52. The number of allylic oxidation sites excluding steroid dienone is 2. The third-order valence-corrected chi connectivity index (χ3v) is 3.22. The van der Waals surface area contributed by atoms with Crippen molar-refractivity contribution >= 4 is 0 Å². The smallest absolute Gasteiger partial charge is 0.0251 e. The van der Waals surface area contributed by atoms with Gasteiger partial charge >= 0.3 is 0 Å². The van der Waals surface area contributed by atoms with Crippen LogP contribution in [0.5, 0.6) is 0 Å². The van der Waals surface area contributed by atoms with Crippen LogP contribution >= 0.6 is 0 Å². The van der Waals surface area contributed by atoms with Gasteiger partial charge in [-0.05, 0) is 44.4 Å². The summed E-state index contributed by atoms with van der Waals surface area (Å²) in [7, 11) is 0. The van der Waals surface area contributed by atoms with Gasteiger partial charge < -0.3 is 0 Å². The van der Waals surface area contributed by atoms with Crippen molar-refractivity contribution in [2.45, 2.75) is 46.0 Å². The van der Waals surface area contributed by atoms with Gasteiger partial charge in [0.1, 0.15) is 0 Å². The molecule has 0 N–H and O–H groups in total. The largest absolute Gasteiger partial charge is 0.0741 e. The van der Waals surface area contributed by atoms with Crippen molar-refractivity contribution < 1.29 is 0 Å². The van der Waals surface area contributed by atoms with E-state index in [2.05, 4.69) is 13.8 Å². The van der Waals surface area contributed by atoms with E-state index >= 15 is 0 Å². The van der Waals surface area contributed by atoms with E-state index in [1.54, 1.807) is 11.1 Å². The molecule has 0 saturated heterocycles. The molecule has 3 aliphatic rings. The van der Waals surface area contributed by atoms with Gasteiger partial charge in [0.05, 0.1) is 0 Å². The van der Waals surface area contributed by atoms with Crippen LogP contribution in [-0.2, 0) is 0 Å². The molecular weight excluding hydrogens is 120 g/mol. The highest BCUT2D eigenvalue weighted by molar-refractivity contribution is 5.25. The van der Waals surface area contributed by atoms with E-state index in [-0.39, 0.29) is 0 Å². The fraction of sp³-hybridized carbons (Fsp3) is 0.800. The minimum atomic E-state index is 0.729. The maximum atomic E-state index is 2.44. The third-order valence-electron chi connectivity index (χ3n) is 3.22. The maximum Gasteiger partial charge on any atom is -0.0251 e. The highest BCUT2D eigenvalue weighted by atomic mass is 14.4. The lowest BCUT2D eigenvalue weighted by atomic mass is 9.65. The second-order valence-corrected chi connectivity index (χ2v) is 4.40. The maximum absolute atomic E-state index is 2.44. The summed E-state index contributed by atoms with van der Waals surface area (Å²) in [4.78, 5) is 0. The van der Waals surface area contributed by atoms with Crippen LogP contribution in [0.15, 0.2) is 11.1 Å². The summed E-state index contributed by atoms with van der Waals surface area (Å²) in [6, 6.07) is 0. The van der Waals surface area contributed by atoms with Crippen LogP contribution in [0, 0.1) is 5.41 Å². The molecule has 10 heavy (non-hydrogen) atoms. The quantitative estimate of drug-likeness (QED) is 0.448. The Morgan fingerprint density at radius 3 is 2.70 bits per heavy atom. The summed E-state index contributed by atoms with van der Waals surface area (Å²) in [5.41, 5.74) is 4.21. The molecule has 3 aliphatic carbocycles. The molecule has 3 rings (SSSR count).